The molecule has 3 atom stereocenters. The van der Waals surface area contributed by atoms with Gasteiger partial charge in [-0.15, -0.1) is 0 Å². The Morgan fingerprint density at radius 3 is 2.54 bits per heavy atom. The lowest BCUT2D eigenvalue weighted by atomic mass is 9.92. The first kappa shape index (κ1) is 20.2. The van der Waals surface area contributed by atoms with Gasteiger partial charge in [-0.3, -0.25) is 4.99 Å². The van der Waals surface area contributed by atoms with Crippen LogP contribution in [0.25, 0.3) is 0 Å². The highest BCUT2D eigenvalue weighted by atomic mass is 16.5. The molecule has 1 aliphatic rings. The summed E-state index contributed by atoms with van der Waals surface area (Å²) in [5.74, 6) is 1.20. The molecule has 144 valence electrons. The first-order valence-electron chi connectivity index (χ1n) is 8.98. The van der Waals surface area contributed by atoms with Crippen LogP contribution in [0, 0.1) is 5.92 Å². The van der Waals surface area contributed by atoms with E-state index < -0.39 is 6.10 Å². The Morgan fingerprint density at radius 2 is 2.04 bits per heavy atom. The molecule has 26 heavy (non-hydrogen) atoms. The van der Waals surface area contributed by atoms with E-state index in [0.29, 0.717) is 24.6 Å². The molecule has 1 aromatic heterocycles. The van der Waals surface area contributed by atoms with Crippen LogP contribution in [-0.4, -0.2) is 52.6 Å². The number of aliphatic hydroxyl groups is 2. The molecular weight excluding hydrogens is 332 g/mol. The van der Waals surface area contributed by atoms with E-state index in [-0.39, 0.29) is 24.3 Å². The van der Waals surface area contributed by atoms with Gasteiger partial charge in [-0.25, -0.2) is 4.98 Å². The molecule has 1 fully saturated rings. The first-order chi connectivity index (χ1) is 12.3. The van der Waals surface area contributed by atoms with Crippen LogP contribution in [0.1, 0.15) is 39.2 Å². The Morgan fingerprint density at radius 1 is 1.35 bits per heavy atom. The first-order valence-corrected chi connectivity index (χ1v) is 8.98. The highest BCUT2D eigenvalue weighted by Crippen LogP contribution is 2.24. The van der Waals surface area contributed by atoms with Crippen LogP contribution in [-0.2, 0) is 4.74 Å². The minimum Gasteiger partial charge on any atom is -0.474 e. The summed E-state index contributed by atoms with van der Waals surface area (Å²) in [6, 6.07) is 3.76. The fourth-order valence-corrected chi connectivity index (χ4v) is 2.61. The number of ether oxygens (including phenoxy) is 1. The Bertz CT molecular complexity index is 624. The Hall–Kier alpha value is -2.12. The summed E-state index contributed by atoms with van der Waals surface area (Å²) in [5, 5.41) is 25.5. The predicted octanol–water partition coefficient (Wildman–Crippen LogP) is 1.88. The van der Waals surface area contributed by atoms with E-state index in [1.54, 1.807) is 20.2 Å². The summed E-state index contributed by atoms with van der Waals surface area (Å²) in [6.07, 6.45) is 2.21. The number of aliphatic hydroxyl groups excluding tert-OH is 2. The molecule has 2 rings (SSSR count). The number of anilines is 1. The van der Waals surface area contributed by atoms with E-state index in [4.69, 9.17) is 4.74 Å². The van der Waals surface area contributed by atoms with E-state index in [2.05, 4.69) is 27.2 Å². The van der Waals surface area contributed by atoms with E-state index in [0.717, 1.165) is 11.3 Å². The molecule has 7 nitrogen and oxygen atoms in total. The highest BCUT2D eigenvalue weighted by molar-refractivity contribution is 5.94. The molecule has 1 heterocycles. The van der Waals surface area contributed by atoms with Crippen molar-refractivity contribution < 1.29 is 14.9 Å². The Labute approximate surface area is 155 Å². The van der Waals surface area contributed by atoms with Crippen LogP contribution < -0.4 is 10.6 Å². The van der Waals surface area contributed by atoms with Gasteiger partial charge in [-0.1, -0.05) is 13.5 Å². The molecule has 0 radical (unpaired) electrons. The minimum atomic E-state index is -0.455. The summed E-state index contributed by atoms with van der Waals surface area (Å²) in [6.45, 7) is 9.60. The summed E-state index contributed by atoms with van der Waals surface area (Å²) in [4.78, 5) is 8.58. The van der Waals surface area contributed by atoms with E-state index in [1.165, 1.54) is 0 Å². The maximum Gasteiger partial charge on any atom is 0.217 e. The van der Waals surface area contributed by atoms with Crippen molar-refractivity contribution in [1.82, 2.24) is 10.3 Å². The number of aromatic nitrogens is 1. The fraction of sp³-hybridized carbons (Fsp3) is 0.579. The van der Waals surface area contributed by atoms with Gasteiger partial charge >= 0.3 is 0 Å². The predicted molar refractivity (Wildman–Crippen MR) is 103 cm³/mol. The van der Waals surface area contributed by atoms with Gasteiger partial charge in [0.1, 0.15) is 11.9 Å². The zero-order chi connectivity index (χ0) is 19.3. The van der Waals surface area contributed by atoms with Crippen molar-refractivity contribution in [2.24, 2.45) is 10.9 Å². The number of pyridine rings is 1. The zero-order valence-electron chi connectivity index (χ0n) is 15.9. The molecule has 1 aromatic rings. The number of hydrogen-bond acceptors (Lipinski definition) is 7. The van der Waals surface area contributed by atoms with Gasteiger partial charge in [-0.2, -0.15) is 0 Å². The van der Waals surface area contributed by atoms with Crippen molar-refractivity contribution >= 4 is 11.7 Å². The number of rotatable bonds is 8. The number of nitrogens with one attached hydrogen (secondary N) is 2. The second-order valence-electron chi connectivity index (χ2n) is 6.89. The molecule has 7 heteroatoms. The van der Waals surface area contributed by atoms with Crippen molar-refractivity contribution in [2.45, 2.75) is 58.1 Å². The monoisotopic (exact) mass is 362 g/mol. The molecule has 0 aliphatic heterocycles. The van der Waals surface area contributed by atoms with Crippen molar-refractivity contribution in [3.8, 4) is 0 Å². The Balaban J connectivity index is 1.89. The van der Waals surface area contributed by atoms with Gasteiger partial charge in [0, 0.05) is 37.7 Å². The minimum absolute atomic E-state index is 0.0210. The molecule has 0 aromatic carbocycles. The lowest BCUT2D eigenvalue weighted by Crippen LogP contribution is -2.37. The largest absolute Gasteiger partial charge is 0.474 e. The van der Waals surface area contributed by atoms with E-state index in [1.807, 2.05) is 26.0 Å². The number of aliphatic imine (C=N–C) groups is 1. The van der Waals surface area contributed by atoms with Crippen LogP contribution in [0.3, 0.4) is 0 Å². The van der Waals surface area contributed by atoms with Crippen molar-refractivity contribution in [3.05, 3.63) is 36.2 Å². The number of nitrogens with zero attached hydrogens (tertiary/aromatic N) is 2. The van der Waals surface area contributed by atoms with Crippen molar-refractivity contribution in [2.75, 3.05) is 12.4 Å². The van der Waals surface area contributed by atoms with Crippen molar-refractivity contribution in [3.63, 3.8) is 0 Å². The molecule has 4 N–H and O–H groups in total. The Kier molecular flexibility index (Phi) is 6.99. The smallest absolute Gasteiger partial charge is 0.217 e. The van der Waals surface area contributed by atoms with Crippen molar-refractivity contribution in [1.29, 1.82) is 0 Å². The number of hydrogen-bond donors (Lipinski definition) is 4. The van der Waals surface area contributed by atoms with Gasteiger partial charge < -0.3 is 25.6 Å². The lowest BCUT2D eigenvalue weighted by Gasteiger charge is -2.31. The molecule has 0 saturated heterocycles. The van der Waals surface area contributed by atoms with Crippen LogP contribution in [0.2, 0.25) is 0 Å². The molecule has 0 bridgehead atoms. The fourth-order valence-electron chi connectivity index (χ4n) is 2.61. The molecule has 0 spiro atoms. The molecule has 1 unspecified atom stereocenters. The third-order valence-corrected chi connectivity index (χ3v) is 4.60. The maximum atomic E-state index is 9.63. The summed E-state index contributed by atoms with van der Waals surface area (Å²) in [5.41, 5.74) is 1.57. The van der Waals surface area contributed by atoms with Gasteiger partial charge in [0.15, 0.2) is 0 Å². The maximum absolute atomic E-state index is 9.63. The molecule has 0 amide bonds. The van der Waals surface area contributed by atoms with Crippen LogP contribution in [0.15, 0.2) is 35.6 Å². The lowest BCUT2D eigenvalue weighted by molar-refractivity contribution is -0.0169. The van der Waals surface area contributed by atoms with Gasteiger partial charge in [0.25, 0.3) is 0 Å². The average Bonchev–Trinajstić information content (AvgIpc) is 2.57. The summed E-state index contributed by atoms with van der Waals surface area (Å²) >= 11 is 0. The standard InChI is InChI=1S/C19H30N4O3/c1-11(13(3)24)12(2)22-14(4)23-18-7-6-15(10-21-18)19(20-5)26-17-8-16(25)9-17/h6-7,10-11,13-14,16-17,22,24-25H,2,8-9H2,1,3-5H3,(H,21,23)/t11-,13+,14?,16?,17?/m1/s1. The molecular formula is C19H30N4O3. The normalized spacial score (nSPS) is 23.4. The van der Waals surface area contributed by atoms with Crippen LogP contribution >= 0.6 is 0 Å². The topological polar surface area (TPSA) is 99.0 Å². The molecule has 1 saturated carbocycles. The summed E-state index contributed by atoms with van der Waals surface area (Å²) < 4.78 is 5.80. The van der Waals surface area contributed by atoms with Gasteiger partial charge in [-0.05, 0) is 26.0 Å². The zero-order valence-corrected chi connectivity index (χ0v) is 15.9. The van der Waals surface area contributed by atoms with Gasteiger partial charge in [0.05, 0.1) is 23.9 Å². The van der Waals surface area contributed by atoms with Crippen LogP contribution in [0.5, 0.6) is 0 Å². The SMILES string of the molecule is C=C(NC(C)Nc1ccc(C(=NC)OC2CC(O)C2)cn1)[C@@H](C)[C@H](C)O. The second-order valence-corrected chi connectivity index (χ2v) is 6.89. The van der Waals surface area contributed by atoms with E-state index >= 15 is 0 Å². The average molecular weight is 362 g/mol. The van der Waals surface area contributed by atoms with Gasteiger partial charge in [0.2, 0.25) is 5.90 Å². The van der Waals surface area contributed by atoms with Crippen LogP contribution in [0.4, 0.5) is 5.82 Å². The second kappa shape index (κ2) is 9.00. The summed E-state index contributed by atoms with van der Waals surface area (Å²) in [7, 11) is 1.68. The highest BCUT2D eigenvalue weighted by Gasteiger charge is 2.30. The van der Waals surface area contributed by atoms with E-state index in [9.17, 15) is 10.2 Å². The third kappa shape index (κ3) is 5.44. The molecule has 1 aliphatic carbocycles. The quantitative estimate of drug-likeness (QED) is 0.320. The third-order valence-electron chi connectivity index (χ3n) is 4.60.